The van der Waals surface area contributed by atoms with E-state index in [1.165, 1.54) is 33.4 Å². The van der Waals surface area contributed by atoms with Gasteiger partial charge in [-0.2, -0.15) is 0 Å². The number of rotatable bonds is 3. The van der Waals surface area contributed by atoms with Gasteiger partial charge in [0.25, 0.3) is 0 Å². The molecule has 0 fully saturated rings. The van der Waals surface area contributed by atoms with Crippen LogP contribution in [0.2, 0.25) is 0 Å². The summed E-state index contributed by atoms with van der Waals surface area (Å²) in [5.74, 6) is 0.926. The van der Waals surface area contributed by atoms with Crippen molar-refractivity contribution in [3.05, 3.63) is 108 Å². The first-order valence-electron chi connectivity index (χ1n) is 10.4. The third-order valence-corrected chi connectivity index (χ3v) is 5.73. The van der Waals surface area contributed by atoms with E-state index in [1.54, 1.807) is 0 Å². The highest BCUT2D eigenvalue weighted by Crippen LogP contribution is 2.42. The van der Waals surface area contributed by atoms with Crippen LogP contribution in [0.4, 0.5) is 0 Å². The van der Waals surface area contributed by atoms with Crippen LogP contribution < -0.4 is 0 Å². The molecule has 0 spiro atoms. The summed E-state index contributed by atoms with van der Waals surface area (Å²) < 4.78 is 6.42. The van der Waals surface area contributed by atoms with Crippen molar-refractivity contribution < 1.29 is 4.42 Å². The first-order valence-corrected chi connectivity index (χ1v) is 10.4. The highest BCUT2D eigenvalue weighted by Gasteiger charge is 2.18. The summed E-state index contributed by atoms with van der Waals surface area (Å²) in [5, 5.41) is 1.15. The van der Waals surface area contributed by atoms with Crippen molar-refractivity contribution in [2.24, 2.45) is 0 Å². The normalized spacial score (nSPS) is 11.2. The molecule has 0 aliphatic heterocycles. The fourth-order valence-electron chi connectivity index (χ4n) is 3.94. The van der Waals surface area contributed by atoms with Crippen LogP contribution in [-0.2, 0) is 0 Å². The van der Waals surface area contributed by atoms with Gasteiger partial charge >= 0.3 is 0 Å². The molecule has 5 aromatic rings. The molecule has 0 saturated carbocycles. The Balaban J connectivity index is 1.76. The van der Waals surface area contributed by atoms with Crippen LogP contribution in [0, 0.1) is 20.8 Å². The Morgan fingerprint density at radius 2 is 0.933 bits per heavy atom. The van der Waals surface area contributed by atoms with Gasteiger partial charge in [-0.3, -0.25) is 0 Å². The van der Waals surface area contributed by atoms with E-state index in [-0.39, 0.29) is 0 Å². The number of benzene rings is 4. The van der Waals surface area contributed by atoms with E-state index < -0.39 is 0 Å². The zero-order valence-corrected chi connectivity index (χ0v) is 17.6. The number of aryl methyl sites for hydroxylation is 3. The number of hydrogen-bond acceptors (Lipinski definition) is 1. The maximum Gasteiger partial charge on any atom is 0.143 e. The highest BCUT2D eigenvalue weighted by molar-refractivity contribution is 6.03. The molecule has 1 aromatic heterocycles. The molecule has 0 radical (unpaired) electrons. The van der Waals surface area contributed by atoms with E-state index in [1.807, 2.05) is 0 Å². The van der Waals surface area contributed by atoms with Gasteiger partial charge < -0.3 is 4.42 Å². The Hall–Kier alpha value is -3.58. The first kappa shape index (κ1) is 18.4. The maximum absolute atomic E-state index is 6.42. The molecule has 4 aromatic carbocycles. The average Bonchev–Trinajstić information content (AvgIpc) is 3.14. The summed E-state index contributed by atoms with van der Waals surface area (Å²) in [4.78, 5) is 0. The summed E-state index contributed by atoms with van der Waals surface area (Å²) >= 11 is 0. The minimum absolute atomic E-state index is 0.914. The van der Waals surface area contributed by atoms with E-state index in [0.717, 1.165) is 27.9 Å². The van der Waals surface area contributed by atoms with Gasteiger partial charge in [0.05, 0.1) is 0 Å². The van der Waals surface area contributed by atoms with Crippen molar-refractivity contribution >= 4 is 11.0 Å². The van der Waals surface area contributed by atoms with Gasteiger partial charge in [-0.25, -0.2) is 0 Å². The molecule has 0 atom stereocenters. The fourth-order valence-corrected chi connectivity index (χ4v) is 3.94. The van der Waals surface area contributed by atoms with Crippen molar-refractivity contribution in [3.63, 3.8) is 0 Å². The minimum Gasteiger partial charge on any atom is -0.455 e. The molecule has 1 nitrogen and oxygen atoms in total. The lowest BCUT2D eigenvalue weighted by Crippen LogP contribution is -1.83. The molecule has 0 aliphatic rings. The van der Waals surface area contributed by atoms with Gasteiger partial charge in [0, 0.05) is 16.5 Å². The van der Waals surface area contributed by atoms with Crippen molar-refractivity contribution in [3.8, 4) is 33.6 Å². The molecule has 0 aliphatic carbocycles. The zero-order chi connectivity index (χ0) is 20.7. The van der Waals surface area contributed by atoms with Crippen molar-refractivity contribution in [2.75, 3.05) is 0 Å². The van der Waals surface area contributed by atoms with Crippen LogP contribution in [0.5, 0.6) is 0 Å². The standard InChI is InChI=1S/C29H24O/c1-19-4-10-22(11-5-19)25-16-17-27-26(18-25)28(23-12-6-20(2)7-13-23)29(30-27)24-14-8-21(3)9-15-24/h4-18H,1-3H3. The number of fused-ring (bicyclic) bond motifs is 1. The van der Waals surface area contributed by atoms with Crippen LogP contribution in [0.3, 0.4) is 0 Å². The summed E-state index contributed by atoms with van der Waals surface area (Å²) in [6, 6.07) is 32.5. The Labute approximate surface area is 177 Å². The predicted molar refractivity (Wildman–Crippen MR) is 127 cm³/mol. The number of furan rings is 1. The molecule has 0 N–H and O–H groups in total. The fraction of sp³-hybridized carbons (Fsp3) is 0.103. The Morgan fingerprint density at radius 1 is 0.467 bits per heavy atom. The summed E-state index contributed by atoms with van der Waals surface area (Å²) in [5.41, 5.74) is 10.5. The Bertz CT molecular complexity index is 1320. The Kier molecular flexibility index (Phi) is 4.52. The minimum atomic E-state index is 0.914. The lowest BCUT2D eigenvalue weighted by molar-refractivity contribution is 0.632. The van der Waals surface area contributed by atoms with Crippen molar-refractivity contribution in [2.45, 2.75) is 20.8 Å². The average molecular weight is 389 g/mol. The molecule has 1 heterocycles. The van der Waals surface area contributed by atoms with Crippen LogP contribution in [0.1, 0.15) is 16.7 Å². The molecule has 0 bridgehead atoms. The van der Waals surface area contributed by atoms with Gasteiger partial charge in [0.15, 0.2) is 0 Å². The van der Waals surface area contributed by atoms with Crippen LogP contribution in [-0.4, -0.2) is 0 Å². The lowest BCUT2D eigenvalue weighted by atomic mass is 9.95. The molecular weight excluding hydrogens is 364 g/mol. The zero-order valence-electron chi connectivity index (χ0n) is 17.6. The first-order chi connectivity index (χ1) is 14.6. The van der Waals surface area contributed by atoms with Crippen molar-refractivity contribution in [1.29, 1.82) is 0 Å². The molecule has 30 heavy (non-hydrogen) atoms. The largest absolute Gasteiger partial charge is 0.455 e. The van der Waals surface area contributed by atoms with E-state index in [9.17, 15) is 0 Å². The van der Waals surface area contributed by atoms with E-state index in [4.69, 9.17) is 4.42 Å². The van der Waals surface area contributed by atoms with Gasteiger partial charge in [-0.05, 0) is 49.6 Å². The smallest absolute Gasteiger partial charge is 0.143 e. The monoisotopic (exact) mass is 388 g/mol. The number of hydrogen-bond donors (Lipinski definition) is 0. The topological polar surface area (TPSA) is 13.1 Å². The summed E-state index contributed by atoms with van der Waals surface area (Å²) in [7, 11) is 0. The Morgan fingerprint density at radius 3 is 1.50 bits per heavy atom. The van der Waals surface area contributed by atoms with Crippen molar-refractivity contribution in [1.82, 2.24) is 0 Å². The van der Waals surface area contributed by atoms with Gasteiger partial charge in [0.2, 0.25) is 0 Å². The van der Waals surface area contributed by atoms with Crippen LogP contribution >= 0.6 is 0 Å². The molecule has 0 amide bonds. The molecule has 0 unspecified atom stereocenters. The molecule has 0 saturated heterocycles. The second kappa shape index (κ2) is 7.35. The summed E-state index contributed by atoms with van der Waals surface area (Å²) in [6.45, 7) is 6.34. The van der Waals surface area contributed by atoms with Gasteiger partial charge in [-0.1, -0.05) is 95.6 Å². The quantitative estimate of drug-likeness (QED) is 0.302. The third kappa shape index (κ3) is 3.33. The molecular formula is C29H24O. The van der Waals surface area contributed by atoms with E-state index >= 15 is 0 Å². The molecule has 5 rings (SSSR count). The third-order valence-electron chi connectivity index (χ3n) is 5.73. The highest BCUT2D eigenvalue weighted by atomic mass is 16.3. The second-order valence-corrected chi connectivity index (χ2v) is 8.12. The van der Waals surface area contributed by atoms with Gasteiger partial charge in [0.1, 0.15) is 11.3 Å². The predicted octanol–water partition coefficient (Wildman–Crippen LogP) is 8.36. The lowest BCUT2D eigenvalue weighted by Gasteiger charge is -2.06. The van der Waals surface area contributed by atoms with E-state index in [0.29, 0.717) is 0 Å². The maximum atomic E-state index is 6.42. The second-order valence-electron chi connectivity index (χ2n) is 8.12. The van der Waals surface area contributed by atoms with E-state index in [2.05, 4.69) is 112 Å². The van der Waals surface area contributed by atoms with Crippen LogP contribution in [0.15, 0.2) is 95.4 Å². The van der Waals surface area contributed by atoms with Gasteiger partial charge in [-0.15, -0.1) is 0 Å². The summed E-state index contributed by atoms with van der Waals surface area (Å²) in [6.07, 6.45) is 0. The molecule has 1 heteroatoms. The SMILES string of the molecule is Cc1ccc(-c2ccc3oc(-c4ccc(C)cc4)c(-c4ccc(C)cc4)c3c2)cc1. The molecule has 146 valence electrons. The van der Waals surface area contributed by atoms with Crippen LogP contribution in [0.25, 0.3) is 44.5 Å².